The van der Waals surface area contributed by atoms with Crippen molar-refractivity contribution in [2.24, 2.45) is 0 Å². The maximum atomic E-state index is 12.3. The summed E-state index contributed by atoms with van der Waals surface area (Å²) in [5.41, 5.74) is 5.84. The van der Waals surface area contributed by atoms with Gasteiger partial charge < -0.3 is 15.5 Å². The molecule has 2 rings (SSSR count). The largest absolute Gasteiger partial charge is 0.382 e. The summed E-state index contributed by atoms with van der Waals surface area (Å²) < 4.78 is 22.3. The van der Waals surface area contributed by atoms with Crippen molar-refractivity contribution in [2.75, 3.05) is 49.3 Å². The molecule has 0 bridgehead atoms. The number of thiazole rings is 1. The zero-order valence-electron chi connectivity index (χ0n) is 12.2. The van der Waals surface area contributed by atoms with Crippen molar-refractivity contribution >= 4 is 38.0 Å². The Morgan fingerprint density at radius 2 is 2.05 bits per heavy atom. The van der Waals surface area contributed by atoms with Gasteiger partial charge in [0.2, 0.25) is 0 Å². The van der Waals surface area contributed by atoms with Gasteiger partial charge in [0.05, 0.1) is 5.75 Å². The molecule has 1 aromatic rings. The molecule has 1 saturated heterocycles. The lowest BCUT2D eigenvalue weighted by atomic mass is 10.4. The van der Waals surface area contributed by atoms with Crippen molar-refractivity contribution in [2.45, 2.75) is 12.8 Å². The Labute approximate surface area is 128 Å². The smallest absolute Gasteiger partial charge is 0.267 e. The van der Waals surface area contributed by atoms with E-state index in [0.29, 0.717) is 4.88 Å². The summed E-state index contributed by atoms with van der Waals surface area (Å²) in [7, 11) is -1.53. The summed E-state index contributed by atoms with van der Waals surface area (Å²) in [6.07, 6.45) is 3.39. The third kappa shape index (κ3) is 4.07. The van der Waals surface area contributed by atoms with Crippen LogP contribution in [0.3, 0.4) is 0 Å². The summed E-state index contributed by atoms with van der Waals surface area (Å²) in [6, 6.07) is 0. The van der Waals surface area contributed by atoms with Gasteiger partial charge in [-0.05, 0) is 12.8 Å². The standard InChI is InChI=1S/C12H20N4O3S2/c1-15(7-8-21(2,18)19)11(17)9-10(13)14-12(20-9)16-5-3-4-6-16/h3-8,13H2,1-2H3. The van der Waals surface area contributed by atoms with Gasteiger partial charge in [0.25, 0.3) is 5.91 Å². The Kier molecular flexibility index (Phi) is 4.72. The second-order valence-corrected chi connectivity index (χ2v) is 8.50. The van der Waals surface area contributed by atoms with Gasteiger partial charge in [-0.15, -0.1) is 0 Å². The normalized spacial score (nSPS) is 15.4. The van der Waals surface area contributed by atoms with Gasteiger partial charge in [-0.25, -0.2) is 13.4 Å². The number of amides is 1. The van der Waals surface area contributed by atoms with Gasteiger partial charge in [-0.1, -0.05) is 11.3 Å². The van der Waals surface area contributed by atoms with Gasteiger partial charge in [-0.3, -0.25) is 4.79 Å². The predicted molar refractivity (Wildman–Crippen MR) is 84.6 cm³/mol. The molecule has 0 unspecified atom stereocenters. The minimum Gasteiger partial charge on any atom is -0.382 e. The van der Waals surface area contributed by atoms with Crippen LogP contribution in [0.15, 0.2) is 0 Å². The van der Waals surface area contributed by atoms with Crippen molar-refractivity contribution in [1.82, 2.24) is 9.88 Å². The Morgan fingerprint density at radius 3 is 2.62 bits per heavy atom. The molecule has 1 aliphatic rings. The minimum absolute atomic E-state index is 0.0626. The molecule has 2 N–H and O–H groups in total. The van der Waals surface area contributed by atoms with Crippen LogP contribution in [0.2, 0.25) is 0 Å². The fraction of sp³-hybridized carbons (Fsp3) is 0.667. The molecular weight excluding hydrogens is 312 g/mol. The Bertz CT molecular complexity index is 620. The number of nitrogen functional groups attached to an aromatic ring is 1. The molecule has 1 fully saturated rings. The molecule has 0 spiro atoms. The fourth-order valence-electron chi connectivity index (χ4n) is 2.09. The lowest BCUT2D eigenvalue weighted by molar-refractivity contribution is 0.0809. The molecule has 21 heavy (non-hydrogen) atoms. The van der Waals surface area contributed by atoms with Crippen LogP contribution in [0.25, 0.3) is 0 Å². The molecular formula is C12H20N4O3S2. The molecule has 0 aromatic carbocycles. The number of nitrogens with two attached hydrogens (primary N) is 1. The highest BCUT2D eigenvalue weighted by atomic mass is 32.2. The number of anilines is 2. The molecule has 0 atom stereocenters. The van der Waals surface area contributed by atoms with Crippen molar-refractivity contribution in [3.63, 3.8) is 0 Å². The Balaban J connectivity index is 2.08. The highest BCUT2D eigenvalue weighted by Crippen LogP contribution is 2.31. The molecule has 118 valence electrons. The van der Waals surface area contributed by atoms with E-state index in [1.165, 1.54) is 16.2 Å². The lowest BCUT2D eigenvalue weighted by Gasteiger charge is -2.15. The van der Waals surface area contributed by atoms with Gasteiger partial charge in [-0.2, -0.15) is 0 Å². The van der Waals surface area contributed by atoms with E-state index in [0.717, 1.165) is 37.3 Å². The average Bonchev–Trinajstić information content (AvgIpc) is 3.03. The summed E-state index contributed by atoms with van der Waals surface area (Å²) in [6.45, 7) is 2.02. The topological polar surface area (TPSA) is 96.6 Å². The van der Waals surface area contributed by atoms with Crippen LogP contribution in [0.4, 0.5) is 10.9 Å². The first kappa shape index (κ1) is 16.0. The highest BCUT2D eigenvalue weighted by Gasteiger charge is 2.23. The van der Waals surface area contributed by atoms with Crippen LogP contribution >= 0.6 is 11.3 Å². The molecule has 1 aromatic heterocycles. The zero-order valence-corrected chi connectivity index (χ0v) is 13.8. The highest BCUT2D eigenvalue weighted by molar-refractivity contribution is 7.90. The molecule has 9 heteroatoms. The second-order valence-electron chi connectivity index (χ2n) is 5.26. The van der Waals surface area contributed by atoms with Crippen molar-refractivity contribution in [3.8, 4) is 0 Å². The Morgan fingerprint density at radius 1 is 1.43 bits per heavy atom. The number of hydrogen-bond acceptors (Lipinski definition) is 7. The van der Waals surface area contributed by atoms with E-state index in [1.54, 1.807) is 7.05 Å². The van der Waals surface area contributed by atoms with Gasteiger partial charge >= 0.3 is 0 Å². The maximum Gasteiger partial charge on any atom is 0.267 e. The van der Waals surface area contributed by atoms with Crippen molar-refractivity contribution < 1.29 is 13.2 Å². The SMILES string of the molecule is CN(CCS(C)(=O)=O)C(=O)c1sc(N2CCCC2)nc1N. The van der Waals surface area contributed by atoms with Crippen LogP contribution in [0.5, 0.6) is 0 Å². The molecule has 1 amide bonds. The number of nitrogens with zero attached hydrogens (tertiary/aromatic N) is 3. The number of carbonyl (C=O) groups excluding carboxylic acids is 1. The summed E-state index contributed by atoms with van der Waals surface area (Å²) in [5, 5.41) is 0.768. The van der Waals surface area contributed by atoms with E-state index in [4.69, 9.17) is 5.73 Å². The number of carbonyl (C=O) groups is 1. The third-order valence-electron chi connectivity index (χ3n) is 3.36. The van der Waals surface area contributed by atoms with Gasteiger partial charge in [0.1, 0.15) is 20.5 Å². The summed E-state index contributed by atoms with van der Waals surface area (Å²) in [4.78, 5) is 20.5. The van der Waals surface area contributed by atoms with E-state index < -0.39 is 9.84 Å². The first-order valence-corrected chi connectivity index (χ1v) is 9.60. The number of hydrogen-bond donors (Lipinski definition) is 1. The van der Waals surface area contributed by atoms with Crippen LogP contribution in [0.1, 0.15) is 22.5 Å². The molecule has 0 aliphatic carbocycles. The molecule has 7 nitrogen and oxygen atoms in total. The summed E-state index contributed by atoms with van der Waals surface area (Å²) in [5.74, 6) is -0.121. The van der Waals surface area contributed by atoms with Crippen LogP contribution < -0.4 is 10.6 Å². The molecule has 1 aliphatic heterocycles. The second kappa shape index (κ2) is 6.18. The Hall–Kier alpha value is -1.35. The molecule has 0 saturated carbocycles. The molecule has 0 radical (unpaired) electrons. The van der Waals surface area contributed by atoms with Crippen molar-refractivity contribution in [1.29, 1.82) is 0 Å². The average molecular weight is 332 g/mol. The van der Waals surface area contributed by atoms with E-state index in [2.05, 4.69) is 9.88 Å². The van der Waals surface area contributed by atoms with Crippen LogP contribution in [-0.2, 0) is 9.84 Å². The fourth-order valence-corrected chi connectivity index (χ4v) is 3.73. The monoisotopic (exact) mass is 332 g/mol. The van der Waals surface area contributed by atoms with E-state index >= 15 is 0 Å². The summed E-state index contributed by atoms with van der Waals surface area (Å²) >= 11 is 1.28. The minimum atomic E-state index is -3.10. The van der Waals surface area contributed by atoms with Gasteiger partial charge in [0, 0.05) is 32.9 Å². The maximum absolute atomic E-state index is 12.3. The first-order chi connectivity index (χ1) is 9.78. The number of aromatic nitrogens is 1. The number of sulfone groups is 1. The predicted octanol–water partition coefficient (Wildman–Crippen LogP) is 0.442. The van der Waals surface area contributed by atoms with Crippen LogP contribution in [-0.4, -0.2) is 62.9 Å². The van der Waals surface area contributed by atoms with E-state index in [-0.39, 0.29) is 24.0 Å². The van der Waals surface area contributed by atoms with E-state index in [9.17, 15) is 13.2 Å². The quantitative estimate of drug-likeness (QED) is 0.840. The number of rotatable bonds is 5. The van der Waals surface area contributed by atoms with Gasteiger partial charge in [0.15, 0.2) is 5.13 Å². The van der Waals surface area contributed by atoms with Crippen molar-refractivity contribution in [3.05, 3.63) is 4.88 Å². The third-order valence-corrected chi connectivity index (χ3v) is 5.40. The first-order valence-electron chi connectivity index (χ1n) is 6.72. The zero-order chi connectivity index (χ0) is 15.6. The van der Waals surface area contributed by atoms with Crippen LogP contribution in [0, 0.1) is 0 Å². The molecule has 2 heterocycles. The lowest BCUT2D eigenvalue weighted by Crippen LogP contribution is -2.31. The van der Waals surface area contributed by atoms with E-state index in [1.807, 2.05) is 0 Å².